The molecule has 1 aliphatic rings. The fraction of sp³-hybridized carbons (Fsp3) is 0.190. The summed E-state index contributed by atoms with van der Waals surface area (Å²) in [6, 6.07) is 13.4. The molecule has 0 aliphatic carbocycles. The molecule has 3 aromatic rings. The lowest BCUT2D eigenvalue weighted by Gasteiger charge is -2.31. The number of hydrogen-bond donors (Lipinski definition) is 4. The molecular formula is C21H20BrClN4O. The van der Waals surface area contributed by atoms with Crippen LogP contribution in [-0.2, 0) is 5.54 Å². The molecule has 0 radical (unpaired) electrons. The smallest absolute Gasteiger partial charge is 0.256 e. The number of anilines is 2. The van der Waals surface area contributed by atoms with E-state index < -0.39 is 5.54 Å². The first-order valence-electron chi connectivity index (χ1n) is 8.87. The summed E-state index contributed by atoms with van der Waals surface area (Å²) in [6.07, 6.45) is 1.33. The summed E-state index contributed by atoms with van der Waals surface area (Å²) in [5.41, 5.74) is 10.6. The molecule has 0 saturated carbocycles. The summed E-state index contributed by atoms with van der Waals surface area (Å²) in [5, 5.41) is 7.49. The maximum absolute atomic E-state index is 12.6. The van der Waals surface area contributed by atoms with Crippen molar-refractivity contribution in [2.75, 3.05) is 10.6 Å². The summed E-state index contributed by atoms with van der Waals surface area (Å²) in [7, 11) is 0. The van der Waals surface area contributed by atoms with Gasteiger partial charge in [0.25, 0.3) is 5.56 Å². The Balaban J connectivity index is 1.80. The van der Waals surface area contributed by atoms with E-state index in [-0.39, 0.29) is 11.7 Å². The predicted molar refractivity (Wildman–Crippen MR) is 119 cm³/mol. The monoisotopic (exact) mass is 458 g/mol. The van der Waals surface area contributed by atoms with Gasteiger partial charge in [-0.1, -0.05) is 33.6 Å². The van der Waals surface area contributed by atoms with Crippen LogP contribution in [0, 0.1) is 0 Å². The molecule has 28 heavy (non-hydrogen) atoms. The molecule has 1 unspecified atom stereocenters. The van der Waals surface area contributed by atoms with Crippen molar-refractivity contribution in [3.8, 4) is 11.1 Å². The quantitative estimate of drug-likeness (QED) is 0.434. The Morgan fingerprint density at radius 3 is 2.71 bits per heavy atom. The average molecular weight is 460 g/mol. The van der Waals surface area contributed by atoms with Crippen LogP contribution >= 0.6 is 27.5 Å². The number of nitrogens with two attached hydrogens (primary N) is 1. The minimum atomic E-state index is -0.491. The van der Waals surface area contributed by atoms with Crippen LogP contribution in [0.25, 0.3) is 11.1 Å². The van der Waals surface area contributed by atoms with E-state index in [1.54, 1.807) is 6.20 Å². The van der Waals surface area contributed by atoms with E-state index in [0.717, 1.165) is 32.5 Å². The first-order valence-corrected chi connectivity index (χ1v) is 10.0. The number of halogens is 2. The minimum Gasteiger partial charge on any atom is -0.361 e. The highest BCUT2D eigenvalue weighted by molar-refractivity contribution is 9.10. The first kappa shape index (κ1) is 19.1. The summed E-state index contributed by atoms with van der Waals surface area (Å²) >= 11 is 9.93. The van der Waals surface area contributed by atoms with Crippen LogP contribution in [0.4, 0.5) is 11.4 Å². The van der Waals surface area contributed by atoms with Gasteiger partial charge in [-0.2, -0.15) is 0 Å². The van der Waals surface area contributed by atoms with Gasteiger partial charge in [-0.15, -0.1) is 0 Å². The van der Waals surface area contributed by atoms with Gasteiger partial charge in [0, 0.05) is 33.0 Å². The topological polar surface area (TPSA) is 82.9 Å². The van der Waals surface area contributed by atoms with Gasteiger partial charge in [0.05, 0.1) is 16.3 Å². The Bertz CT molecular complexity index is 1120. The normalized spacial score (nSPS) is 15.4. The number of rotatable bonds is 3. The number of pyridine rings is 1. The predicted octanol–water partition coefficient (Wildman–Crippen LogP) is 5.19. The molecule has 7 heteroatoms. The van der Waals surface area contributed by atoms with Gasteiger partial charge >= 0.3 is 0 Å². The second-order valence-corrected chi connectivity index (χ2v) is 8.79. The zero-order valence-corrected chi connectivity index (χ0v) is 17.8. The van der Waals surface area contributed by atoms with Gasteiger partial charge in [-0.3, -0.25) is 4.79 Å². The molecular weight excluding hydrogens is 440 g/mol. The second-order valence-electron chi connectivity index (χ2n) is 7.47. The number of aromatic nitrogens is 1. The van der Waals surface area contributed by atoms with Crippen molar-refractivity contribution >= 4 is 38.9 Å². The highest BCUT2D eigenvalue weighted by Gasteiger charge is 2.27. The van der Waals surface area contributed by atoms with Crippen molar-refractivity contribution < 1.29 is 0 Å². The molecule has 1 atom stereocenters. The molecule has 144 valence electrons. The van der Waals surface area contributed by atoms with Gasteiger partial charge in [0.15, 0.2) is 0 Å². The Hall–Kier alpha value is -2.28. The minimum absolute atomic E-state index is 0.131. The maximum atomic E-state index is 12.6. The standard InChI is InChI=1S/C21H20BrClN4O/c1-21(2,24)11-3-5-15(23)17(9-11)27-19-13-7-8-25-20(28)18(13)14-10-12(22)4-6-16(14)26-19/h3-10,19,26-27H,24H2,1-2H3,(H,25,28). The van der Waals surface area contributed by atoms with Crippen LogP contribution in [0.3, 0.4) is 0 Å². The van der Waals surface area contributed by atoms with E-state index in [9.17, 15) is 4.79 Å². The number of benzene rings is 2. The Morgan fingerprint density at radius 1 is 1.18 bits per heavy atom. The van der Waals surface area contributed by atoms with Crippen molar-refractivity contribution in [3.63, 3.8) is 0 Å². The highest BCUT2D eigenvalue weighted by Crippen LogP contribution is 2.41. The van der Waals surface area contributed by atoms with Gasteiger partial charge in [0.1, 0.15) is 6.17 Å². The summed E-state index contributed by atoms with van der Waals surface area (Å²) < 4.78 is 0.912. The highest BCUT2D eigenvalue weighted by atomic mass is 79.9. The number of aromatic amines is 1. The third kappa shape index (κ3) is 3.43. The zero-order valence-electron chi connectivity index (χ0n) is 15.4. The number of nitrogens with one attached hydrogen (secondary N) is 3. The lowest BCUT2D eigenvalue weighted by atomic mass is 9.93. The molecule has 4 rings (SSSR count). The Morgan fingerprint density at radius 2 is 1.96 bits per heavy atom. The van der Waals surface area contributed by atoms with E-state index in [4.69, 9.17) is 17.3 Å². The molecule has 5 nitrogen and oxygen atoms in total. The van der Waals surface area contributed by atoms with E-state index in [2.05, 4.69) is 31.5 Å². The van der Waals surface area contributed by atoms with Crippen LogP contribution in [-0.4, -0.2) is 4.98 Å². The summed E-state index contributed by atoms with van der Waals surface area (Å²) in [6.45, 7) is 3.89. The van der Waals surface area contributed by atoms with E-state index in [0.29, 0.717) is 10.6 Å². The second kappa shape index (κ2) is 6.95. The van der Waals surface area contributed by atoms with Gasteiger partial charge < -0.3 is 21.4 Å². The molecule has 0 saturated heterocycles. The van der Waals surface area contributed by atoms with Crippen LogP contribution in [0.2, 0.25) is 5.02 Å². The molecule has 5 N–H and O–H groups in total. The average Bonchev–Trinajstić information content (AvgIpc) is 2.63. The number of fused-ring (bicyclic) bond motifs is 3. The third-order valence-corrected chi connectivity index (χ3v) is 5.69. The molecule has 2 heterocycles. The maximum Gasteiger partial charge on any atom is 0.256 e. The van der Waals surface area contributed by atoms with Crippen LogP contribution in [0.1, 0.15) is 31.1 Å². The van der Waals surface area contributed by atoms with Crippen molar-refractivity contribution in [2.45, 2.75) is 25.6 Å². The lowest BCUT2D eigenvalue weighted by Crippen LogP contribution is -2.30. The van der Waals surface area contributed by atoms with Crippen molar-refractivity contribution in [1.82, 2.24) is 4.98 Å². The van der Waals surface area contributed by atoms with Crippen LogP contribution < -0.4 is 21.9 Å². The molecule has 1 aliphatic heterocycles. The molecule has 2 aromatic carbocycles. The SMILES string of the molecule is CC(C)(N)c1ccc(Cl)c(NC2Nc3ccc(Br)cc3-c3c2cc[nH]c3=O)c1. The molecule has 0 fully saturated rings. The fourth-order valence-corrected chi connectivity index (χ4v) is 3.93. The molecule has 0 bridgehead atoms. The number of hydrogen-bond acceptors (Lipinski definition) is 4. The fourth-order valence-electron chi connectivity index (χ4n) is 3.40. The largest absolute Gasteiger partial charge is 0.361 e. The first-order chi connectivity index (χ1) is 13.2. The Kier molecular flexibility index (Phi) is 4.73. The van der Waals surface area contributed by atoms with Gasteiger partial charge in [0.2, 0.25) is 0 Å². The van der Waals surface area contributed by atoms with E-state index in [1.165, 1.54) is 0 Å². The van der Waals surface area contributed by atoms with Gasteiger partial charge in [-0.25, -0.2) is 0 Å². The van der Waals surface area contributed by atoms with E-state index >= 15 is 0 Å². The van der Waals surface area contributed by atoms with Crippen molar-refractivity contribution in [2.24, 2.45) is 5.73 Å². The van der Waals surface area contributed by atoms with Crippen molar-refractivity contribution in [1.29, 1.82) is 0 Å². The zero-order chi connectivity index (χ0) is 20.1. The number of H-pyrrole nitrogens is 1. The summed E-state index contributed by atoms with van der Waals surface area (Å²) in [4.78, 5) is 15.4. The molecule has 1 aromatic heterocycles. The van der Waals surface area contributed by atoms with Crippen LogP contribution in [0.15, 0.2) is 57.9 Å². The molecule has 0 spiro atoms. The third-order valence-electron chi connectivity index (χ3n) is 4.87. The van der Waals surface area contributed by atoms with Gasteiger partial charge in [-0.05, 0) is 55.8 Å². The lowest BCUT2D eigenvalue weighted by molar-refractivity contribution is 0.554. The van der Waals surface area contributed by atoms with Crippen molar-refractivity contribution in [3.05, 3.63) is 79.6 Å². The molecule has 0 amide bonds. The Labute approximate surface area is 176 Å². The van der Waals surface area contributed by atoms with E-state index in [1.807, 2.05) is 56.3 Å². The van der Waals surface area contributed by atoms with Crippen LogP contribution in [0.5, 0.6) is 0 Å². The summed E-state index contributed by atoms with van der Waals surface area (Å²) in [5.74, 6) is 0.